The van der Waals surface area contributed by atoms with Crippen LogP contribution in [0.1, 0.15) is 43.0 Å². The standard InChI is InChI=1S/C33H44F3NO9/c1-6-37-15-29(16-41-2)12-11-20(42-3)32-19-13-30(39)21(43-4)14-31(40,23(26(32)37)24(44-5)25(29)32)22(19)27(30)45-28(38)17-7-9-18(10-8-17)46-33(34,35)36/h7-10,19-27,39-40H,6,11-16H2,1-5H3/t19-,20?,21+,22-,23+,24+,25-,26-,27-,29+,30-,31-,32+/m1/s1. The van der Waals surface area contributed by atoms with Gasteiger partial charge in [-0.05, 0) is 56.0 Å². The Kier molecular flexibility index (Phi) is 7.61. The third-order valence-corrected chi connectivity index (χ3v) is 13.0. The molecule has 256 valence electrons. The number of hydrogen-bond acceptors (Lipinski definition) is 10. The number of aliphatic hydroxyl groups is 2. The van der Waals surface area contributed by atoms with Crippen LogP contribution in [-0.2, 0) is 23.7 Å². The molecule has 1 heterocycles. The van der Waals surface area contributed by atoms with Gasteiger partial charge in [-0.15, -0.1) is 13.2 Å². The van der Waals surface area contributed by atoms with Gasteiger partial charge < -0.3 is 38.6 Å². The van der Waals surface area contributed by atoms with E-state index in [1.165, 1.54) is 19.2 Å². The molecule has 0 radical (unpaired) electrons. The van der Waals surface area contributed by atoms with Crippen LogP contribution in [0.5, 0.6) is 5.75 Å². The van der Waals surface area contributed by atoms with Crippen LogP contribution in [0.3, 0.4) is 0 Å². The molecule has 13 atom stereocenters. The fraction of sp³-hybridized carbons (Fsp3) is 0.788. The number of benzene rings is 1. The van der Waals surface area contributed by atoms with Crippen molar-refractivity contribution in [3.05, 3.63) is 29.8 Å². The molecule has 13 heteroatoms. The van der Waals surface area contributed by atoms with E-state index in [-0.39, 0.29) is 53.9 Å². The Hall–Kier alpha value is -2.00. The highest BCUT2D eigenvalue weighted by Crippen LogP contribution is 2.80. The van der Waals surface area contributed by atoms with Crippen molar-refractivity contribution in [3.63, 3.8) is 0 Å². The third-order valence-electron chi connectivity index (χ3n) is 13.0. The minimum absolute atomic E-state index is 0.00862. The Morgan fingerprint density at radius 1 is 0.978 bits per heavy atom. The summed E-state index contributed by atoms with van der Waals surface area (Å²) in [7, 11) is 6.62. The Morgan fingerprint density at radius 3 is 2.26 bits per heavy atom. The molecule has 1 aromatic rings. The Morgan fingerprint density at radius 2 is 1.67 bits per heavy atom. The molecule has 6 fully saturated rings. The molecule has 46 heavy (non-hydrogen) atoms. The monoisotopic (exact) mass is 655 g/mol. The first-order valence-electron chi connectivity index (χ1n) is 16.1. The predicted octanol–water partition coefficient (Wildman–Crippen LogP) is 3.03. The van der Waals surface area contributed by atoms with E-state index in [0.29, 0.717) is 6.61 Å². The average molecular weight is 656 g/mol. The summed E-state index contributed by atoms with van der Waals surface area (Å²) in [5.74, 6) is -2.75. The van der Waals surface area contributed by atoms with Crippen molar-refractivity contribution in [2.45, 2.75) is 80.6 Å². The maximum atomic E-state index is 13.7. The van der Waals surface area contributed by atoms with Gasteiger partial charge in [-0.1, -0.05) is 6.92 Å². The number of hydrogen-bond donors (Lipinski definition) is 2. The van der Waals surface area contributed by atoms with Gasteiger partial charge in [-0.2, -0.15) is 0 Å². The lowest BCUT2D eigenvalue weighted by molar-refractivity contribution is -0.283. The minimum atomic E-state index is -4.88. The lowest BCUT2D eigenvalue weighted by Crippen LogP contribution is -2.77. The summed E-state index contributed by atoms with van der Waals surface area (Å²) >= 11 is 0. The number of ether oxygens (including phenoxy) is 6. The first-order chi connectivity index (χ1) is 21.8. The van der Waals surface area contributed by atoms with Crippen molar-refractivity contribution in [2.75, 3.05) is 48.1 Å². The largest absolute Gasteiger partial charge is 0.573 e. The second kappa shape index (κ2) is 10.8. The van der Waals surface area contributed by atoms with Crippen LogP contribution in [0, 0.1) is 34.5 Å². The van der Waals surface area contributed by atoms with Crippen molar-refractivity contribution in [3.8, 4) is 5.75 Å². The molecule has 1 spiro atoms. The molecule has 1 unspecified atom stereocenters. The highest BCUT2D eigenvalue weighted by Gasteiger charge is 2.88. The summed E-state index contributed by atoms with van der Waals surface area (Å²) in [4.78, 5) is 16.1. The van der Waals surface area contributed by atoms with E-state index in [1.807, 2.05) is 0 Å². The Labute approximate surface area is 266 Å². The topological polar surface area (TPSA) is 116 Å². The van der Waals surface area contributed by atoms with Crippen molar-refractivity contribution >= 4 is 5.97 Å². The molecule has 1 saturated heterocycles. The van der Waals surface area contributed by atoms with Gasteiger partial charge in [0.05, 0.1) is 36.1 Å². The SMILES string of the molecule is CCN1C[C@]2(COC)CCC(OC)[C@@]34[C@@H]5C[C@@]6(O)[C@@H](OC)C[C@@](O)([C@H]5[C@H]6OC(=O)c5ccc(OC(F)(F)F)cc5)[C@@H]([C@H](OC)[C@H]23)[C@@H]14. The zero-order valence-electron chi connectivity index (χ0n) is 26.8. The average Bonchev–Trinajstić information content (AvgIpc) is 3.39. The molecule has 1 aliphatic heterocycles. The van der Waals surface area contributed by atoms with Crippen molar-refractivity contribution in [1.82, 2.24) is 4.90 Å². The highest BCUT2D eigenvalue weighted by molar-refractivity contribution is 5.89. The predicted molar refractivity (Wildman–Crippen MR) is 155 cm³/mol. The molecule has 0 aromatic heterocycles. The number of carbonyl (C=O) groups excluding carboxylic acids is 1. The number of alkyl halides is 3. The van der Waals surface area contributed by atoms with Gasteiger partial charge in [0.1, 0.15) is 17.5 Å². The number of esters is 1. The van der Waals surface area contributed by atoms with Crippen molar-refractivity contribution < 1.29 is 56.6 Å². The molecule has 5 saturated carbocycles. The molecule has 1 aromatic carbocycles. The van der Waals surface area contributed by atoms with Gasteiger partial charge in [0.15, 0.2) is 0 Å². The Bertz CT molecular complexity index is 1350. The van der Waals surface area contributed by atoms with Crippen LogP contribution < -0.4 is 4.74 Å². The lowest BCUT2D eigenvalue weighted by Gasteiger charge is -2.69. The number of rotatable bonds is 9. The maximum absolute atomic E-state index is 13.7. The summed E-state index contributed by atoms with van der Waals surface area (Å²) in [6, 6.07) is 4.34. The van der Waals surface area contributed by atoms with E-state index < -0.39 is 58.7 Å². The summed E-state index contributed by atoms with van der Waals surface area (Å²) in [6.45, 7) is 4.17. The van der Waals surface area contributed by atoms with E-state index in [0.717, 1.165) is 38.1 Å². The number of carbonyl (C=O) groups is 1. The van der Waals surface area contributed by atoms with Crippen LogP contribution in [0.15, 0.2) is 24.3 Å². The molecule has 5 aliphatic carbocycles. The number of piperidine rings is 1. The van der Waals surface area contributed by atoms with Crippen LogP contribution in [0.25, 0.3) is 0 Å². The fourth-order valence-corrected chi connectivity index (χ4v) is 12.1. The summed E-state index contributed by atoms with van der Waals surface area (Å²) in [5, 5.41) is 25.7. The highest BCUT2D eigenvalue weighted by atomic mass is 19.4. The molecule has 7 bridgehead atoms. The smallest absolute Gasteiger partial charge is 0.455 e. The zero-order valence-corrected chi connectivity index (χ0v) is 26.8. The third kappa shape index (κ3) is 4.05. The quantitative estimate of drug-likeness (QED) is 0.385. The first-order valence-corrected chi connectivity index (χ1v) is 16.1. The molecule has 7 rings (SSSR count). The second-order valence-corrected chi connectivity index (χ2v) is 14.4. The molecular weight excluding hydrogens is 611 g/mol. The lowest BCUT2D eigenvalue weighted by atomic mass is 9.43. The van der Waals surface area contributed by atoms with E-state index in [1.54, 1.807) is 21.3 Å². The van der Waals surface area contributed by atoms with E-state index in [9.17, 15) is 28.2 Å². The summed E-state index contributed by atoms with van der Waals surface area (Å²) in [6.07, 6.45) is -5.46. The Balaban J connectivity index is 1.35. The number of fused-ring (bicyclic) bond motifs is 2. The van der Waals surface area contributed by atoms with E-state index in [4.69, 9.17) is 23.7 Å². The van der Waals surface area contributed by atoms with Crippen molar-refractivity contribution in [2.24, 2.45) is 34.5 Å². The van der Waals surface area contributed by atoms with Gasteiger partial charge in [-0.3, -0.25) is 4.90 Å². The molecule has 0 amide bonds. The first kappa shape index (κ1) is 32.5. The van der Waals surface area contributed by atoms with Crippen LogP contribution in [-0.4, -0.2) is 117 Å². The number of methoxy groups -OCH3 is 4. The number of halogens is 3. The minimum Gasteiger partial charge on any atom is -0.455 e. The van der Waals surface area contributed by atoms with Gasteiger partial charge in [0, 0.05) is 76.0 Å². The van der Waals surface area contributed by atoms with Crippen LogP contribution >= 0.6 is 0 Å². The van der Waals surface area contributed by atoms with Crippen LogP contribution in [0.2, 0.25) is 0 Å². The normalized spacial score (nSPS) is 47.1. The molecule has 2 N–H and O–H groups in total. The van der Waals surface area contributed by atoms with Gasteiger partial charge in [0.2, 0.25) is 0 Å². The van der Waals surface area contributed by atoms with Crippen LogP contribution in [0.4, 0.5) is 13.2 Å². The summed E-state index contributed by atoms with van der Waals surface area (Å²) < 4.78 is 72.9. The van der Waals surface area contributed by atoms with Gasteiger partial charge in [0.25, 0.3) is 0 Å². The van der Waals surface area contributed by atoms with E-state index in [2.05, 4.69) is 16.6 Å². The number of likely N-dealkylation sites (tertiary alicyclic amines) is 1. The molecule has 6 aliphatic rings. The molecule has 10 nitrogen and oxygen atoms in total. The second-order valence-electron chi connectivity index (χ2n) is 14.4. The fourth-order valence-electron chi connectivity index (χ4n) is 12.1. The molecular formula is C33H44F3NO9. The van der Waals surface area contributed by atoms with E-state index >= 15 is 0 Å². The van der Waals surface area contributed by atoms with Crippen molar-refractivity contribution in [1.29, 1.82) is 0 Å². The number of nitrogens with zero attached hydrogens (tertiary/aromatic N) is 1. The zero-order chi connectivity index (χ0) is 33.0. The van der Waals surface area contributed by atoms with Gasteiger partial charge >= 0.3 is 12.3 Å². The maximum Gasteiger partial charge on any atom is 0.573 e. The van der Waals surface area contributed by atoms with Gasteiger partial charge in [-0.25, -0.2) is 4.79 Å². The summed E-state index contributed by atoms with van der Waals surface area (Å²) in [5.41, 5.74) is -3.92.